The summed E-state index contributed by atoms with van der Waals surface area (Å²) in [5, 5.41) is 10.8. The molecular formula is C29H36N6O4. The summed E-state index contributed by atoms with van der Waals surface area (Å²) < 4.78 is 11.2. The minimum atomic E-state index is -0.136. The normalized spacial score (nSPS) is 14.0. The number of hydrogen-bond donors (Lipinski definition) is 1. The van der Waals surface area contributed by atoms with Crippen LogP contribution < -0.4 is 15.0 Å². The molecule has 2 aliphatic rings. The number of nitrogens with one attached hydrogen (secondary N) is 1. The Morgan fingerprint density at radius 3 is 2.54 bits per heavy atom. The van der Waals surface area contributed by atoms with Crippen LogP contribution in [0, 0.1) is 6.92 Å². The van der Waals surface area contributed by atoms with Gasteiger partial charge in [-0.2, -0.15) is 4.98 Å². The molecule has 0 saturated carbocycles. The minimum Gasteiger partial charge on any atom is -0.491 e. The smallest absolute Gasteiger partial charge is 0.256 e. The summed E-state index contributed by atoms with van der Waals surface area (Å²) in [6.07, 6.45) is 3.78. The van der Waals surface area contributed by atoms with E-state index < -0.39 is 0 Å². The molecule has 0 spiro atoms. The van der Waals surface area contributed by atoms with E-state index in [9.17, 15) is 9.59 Å². The second-order valence-corrected chi connectivity index (χ2v) is 10.1. The SMILES string of the molecule is CCCCCNC(=O)CN(CC(=O)N(C)N1Cc2ccccc2C1)c1cc(-c2noc(C)n2)cc2c1OCC2. The number of nitrogens with zero attached hydrogens (tertiary/aromatic N) is 5. The molecule has 1 aromatic heterocycles. The van der Waals surface area contributed by atoms with E-state index in [2.05, 4.69) is 34.5 Å². The molecule has 0 atom stereocenters. The van der Waals surface area contributed by atoms with Crippen LogP contribution in [-0.4, -0.2) is 65.3 Å². The highest BCUT2D eigenvalue weighted by Crippen LogP contribution is 2.40. The summed E-state index contributed by atoms with van der Waals surface area (Å²) >= 11 is 0. The van der Waals surface area contributed by atoms with Gasteiger partial charge in [-0.15, -0.1) is 0 Å². The first-order valence-electron chi connectivity index (χ1n) is 13.6. The molecule has 206 valence electrons. The zero-order valence-electron chi connectivity index (χ0n) is 22.9. The average molecular weight is 533 g/mol. The standard InChI is InChI=1S/C29H36N6O4/c1-4-5-8-12-30-26(36)18-34(19-27(37)33(3)35-16-22-9-6-7-10-23(22)17-35)25-15-24(29-31-20(2)39-32-29)14-21-11-13-38-28(21)25/h6-7,9-10,14-15H,4-5,8,11-13,16-19H2,1-3H3,(H,30,36). The number of anilines is 1. The Labute approximate surface area is 228 Å². The van der Waals surface area contributed by atoms with Crippen molar-refractivity contribution in [2.24, 2.45) is 0 Å². The number of ether oxygens (including phenoxy) is 1. The van der Waals surface area contributed by atoms with E-state index in [0.29, 0.717) is 49.4 Å². The number of unbranched alkanes of at least 4 members (excludes halogenated alkanes) is 2. The maximum atomic E-state index is 13.6. The van der Waals surface area contributed by atoms with Crippen LogP contribution in [0.15, 0.2) is 40.9 Å². The van der Waals surface area contributed by atoms with Crippen molar-refractivity contribution in [3.63, 3.8) is 0 Å². The number of hydrogen-bond acceptors (Lipinski definition) is 8. The highest BCUT2D eigenvalue weighted by atomic mass is 16.5. The van der Waals surface area contributed by atoms with Gasteiger partial charge in [0.2, 0.25) is 17.6 Å². The fourth-order valence-electron chi connectivity index (χ4n) is 5.08. The van der Waals surface area contributed by atoms with E-state index in [0.717, 1.165) is 36.8 Å². The third kappa shape index (κ3) is 6.06. The molecule has 0 aliphatic carbocycles. The predicted molar refractivity (Wildman–Crippen MR) is 147 cm³/mol. The highest BCUT2D eigenvalue weighted by Gasteiger charge is 2.29. The summed E-state index contributed by atoms with van der Waals surface area (Å²) in [6.45, 7) is 6.39. The van der Waals surface area contributed by atoms with Crippen molar-refractivity contribution in [1.82, 2.24) is 25.5 Å². The molecule has 10 heteroatoms. The molecule has 0 radical (unpaired) electrons. The Kier molecular flexibility index (Phi) is 8.11. The number of benzene rings is 2. The molecule has 39 heavy (non-hydrogen) atoms. The first kappa shape index (κ1) is 26.7. The van der Waals surface area contributed by atoms with Gasteiger partial charge in [0, 0.05) is 51.2 Å². The Balaban J connectivity index is 1.40. The number of fused-ring (bicyclic) bond motifs is 2. The zero-order valence-corrected chi connectivity index (χ0v) is 22.9. The van der Waals surface area contributed by atoms with Gasteiger partial charge < -0.3 is 19.5 Å². The molecule has 0 fully saturated rings. The van der Waals surface area contributed by atoms with Crippen LogP contribution in [0.4, 0.5) is 5.69 Å². The van der Waals surface area contributed by atoms with Gasteiger partial charge in [0.25, 0.3) is 5.91 Å². The number of hydrazine groups is 1. The molecule has 0 saturated heterocycles. The van der Waals surface area contributed by atoms with Gasteiger partial charge in [0.1, 0.15) is 5.75 Å². The van der Waals surface area contributed by atoms with Gasteiger partial charge in [-0.1, -0.05) is 49.2 Å². The maximum absolute atomic E-state index is 13.6. The Morgan fingerprint density at radius 2 is 1.85 bits per heavy atom. The zero-order chi connectivity index (χ0) is 27.4. The van der Waals surface area contributed by atoms with Crippen LogP contribution in [0.2, 0.25) is 0 Å². The van der Waals surface area contributed by atoms with Crippen molar-refractivity contribution in [3.8, 4) is 17.1 Å². The maximum Gasteiger partial charge on any atom is 0.256 e. The van der Waals surface area contributed by atoms with Gasteiger partial charge in [-0.3, -0.25) is 14.6 Å². The number of aryl methyl sites for hydroxylation is 1. The molecule has 5 rings (SSSR count). The average Bonchev–Trinajstić information content (AvgIpc) is 3.69. The number of carbonyl (C=O) groups excluding carboxylic acids is 2. The molecule has 0 unspecified atom stereocenters. The second kappa shape index (κ2) is 11.9. The van der Waals surface area contributed by atoms with E-state index >= 15 is 0 Å². The van der Waals surface area contributed by atoms with Crippen molar-refractivity contribution in [1.29, 1.82) is 0 Å². The first-order valence-corrected chi connectivity index (χ1v) is 13.6. The fraction of sp³-hybridized carbons (Fsp3) is 0.448. The first-order chi connectivity index (χ1) is 18.9. The monoisotopic (exact) mass is 532 g/mol. The summed E-state index contributed by atoms with van der Waals surface area (Å²) in [6, 6.07) is 12.1. The van der Waals surface area contributed by atoms with Crippen LogP contribution in [0.1, 0.15) is 48.8 Å². The van der Waals surface area contributed by atoms with Crippen molar-refractivity contribution in [2.75, 3.05) is 38.2 Å². The number of rotatable bonds is 11. The highest BCUT2D eigenvalue weighted by molar-refractivity contribution is 5.88. The van der Waals surface area contributed by atoms with E-state index in [1.165, 1.54) is 11.1 Å². The van der Waals surface area contributed by atoms with E-state index in [1.54, 1.807) is 23.9 Å². The number of amides is 2. The molecule has 2 amide bonds. The van der Waals surface area contributed by atoms with Crippen LogP contribution >= 0.6 is 0 Å². The van der Waals surface area contributed by atoms with Gasteiger partial charge >= 0.3 is 0 Å². The third-order valence-corrected chi connectivity index (χ3v) is 7.26. The quantitative estimate of drug-likeness (QED) is 0.375. The Bertz CT molecular complexity index is 1310. The summed E-state index contributed by atoms with van der Waals surface area (Å²) in [7, 11) is 1.79. The van der Waals surface area contributed by atoms with Gasteiger partial charge in [0.15, 0.2) is 0 Å². The van der Waals surface area contributed by atoms with Crippen molar-refractivity contribution >= 4 is 17.5 Å². The molecule has 3 aromatic rings. The lowest BCUT2D eigenvalue weighted by molar-refractivity contribution is -0.145. The minimum absolute atomic E-state index is 0.0102. The molecule has 1 N–H and O–H groups in total. The lowest BCUT2D eigenvalue weighted by Crippen LogP contribution is -2.48. The van der Waals surface area contributed by atoms with Crippen LogP contribution in [0.5, 0.6) is 5.75 Å². The molecule has 3 heterocycles. The number of likely N-dealkylation sites (N-methyl/N-ethyl adjacent to an activating group) is 1. The van der Waals surface area contributed by atoms with Crippen LogP contribution in [0.3, 0.4) is 0 Å². The van der Waals surface area contributed by atoms with Gasteiger partial charge in [-0.05, 0) is 29.7 Å². The van der Waals surface area contributed by atoms with E-state index in [-0.39, 0.29) is 24.9 Å². The van der Waals surface area contributed by atoms with Crippen molar-refractivity contribution in [3.05, 3.63) is 59.0 Å². The molecular weight excluding hydrogens is 496 g/mol. The summed E-state index contributed by atoms with van der Waals surface area (Å²) in [5.74, 6) is 1.37. The van der Waals surface area contributed by atoms with Gasteiger partial charge in [0.05, 0.1) is 25.4 Å². The van der Waals surface area contributed by atoms with E-state index in [4.69, 9.17) is 9.26 Å². The lowest BCUT2D eigenvalue weighted by Gasteiger charge is -2.32. The lowest BCUT2D eigenvalue weighted by atomic mass is 10.1. The second-order valence-electron chi connectivity index (χ2n) is 10.1. The molecule has 10 nitrogen and oxygen atoms in total. The molecule has 0 bridgehead atoms. The Morgan fingerprint density at radius 1 is 1.08 bits per heavy atom. The Hall–Kier alpha value is -3.92. The van der Waals surface area contributed by atoms with Crippen LogP contribution in [-0.2, 0) is 29.1 Å². The number of carbonyl (C=O) groups is 2. The number of aromatic nitrogens is 2. The molecule has 2 aromatic carbocycles. The predicted octanol–water partition coefficient (Wildman–Crippen LogP) is 3.48. The van der Waals surface area contributed by atoms with E-state index in [1.807, 2.05) is 29.3 Å². The largest absolute Gasteiger partial charge is 0.491 e. The summed E-state index contributed by atoms with van der Waals surface area (Å²) in [5.41, 5.74) is 4.87. The van der Waals surface area contributed by atoms with Crippen molar-refractivity contribution < 1.29 is 18.8 Å². The topological polar surface area (TPSA) is 104 Å². The van der Waals surface area contributed by atoms with Crippen LogP contribution in [0.25, 0.3) is 11.4 Å². The fourth-order valence-corrected chi connectivity index (χ4v) is 5.08. The third-order valence-electron chi connectivity index (χ3n) is 7.26. The molecule has 2 aliphatic heterocycles. The van der Waals surface area contributed by atoms with Crippen molar-refractivity contribution in [2.45, 2.75) is 52.6 Å². The summed E-state index contributed by atoms with van der Waals surface area (Å²) in [4.78, 5) is 32.9. The van der Waals surface area contributed by atoms with Gasteiger partial charge in [-0.25, -0.2) is 5.01 Å².